The Labute approximate surface area is 91.6 Å². The molecule has 0 spiro atoms. The van der Waals surface area contributed by atoms with E-state index in [1.54, 1.807) is 0 Å². The van der Waals surface area contributed by atoms with Gasteiger partial charge >= 0.3 is 0 Å². The summed E-state index contributed by atoms with van der Waals surface area (Å²) in [5, 5.41) is 12.4. The first-order chi connectivity index (χ1) is 7.00. The highest BCUT2D eigenvalue weighted by molar-refractivity contribution is 5.81. The number of aliphatic hydroxyl groups excluding tert-OH is 1. The van der Waals surface area contributed by atoms with Gasteiger partial charge in [0.1, 0.15) is 0 Å². The first-order valence-electron chi connectivity index (χ1n) is 5.73. The number of β-amino-alcohol motifs (C(OH)–C–C–N with tert-alkyl or cyclic N) is 1. The van der Waals surface area contributed by atoms with E-state index in [0.29, 0.717) is 6.54 Å². The molecule has 1 amide bonds. The minimum atomic E-state index is -0.270. The van der Waals surface area contributed by atoms with Crippen LogP contribution in [-0.2, 0) is 4.79 Å². The maximum atomic E-state index is 11.7. The maximum Gasteiger partial charge on any atom is 0.237 e. The van der Waals surface area contributed by atoms with Crippen LogP contribution in [0, 0.1) is 0 Å². The minimum absolute atomic E-state index is 0.0547. The average molecular weight is 214 g/mol. The standard InChI is InChI=1S/C11H22N2O2/c1-8(2)12-11(15)9(3)13-6-4-5-10(14)7-13/h8-10,14H,4-7H2,1-3H3,(H,12,15)/t9?,10-/m0/s1. The smallest absolute Gasteiger partial charge is 0.237 e. The van der Waals surface area contributed by atoms with E-state index >= 15 is 0 Å². The lowest BCUT2D eigenvalue weighted by atomic mass is 10.1. The highest BCUT2D eigenvalue weighted by Crippen LogP contribution is 2.12. The summed E-state index contributed by atoms with van der Waals surface area (Å²) >= 11 is 0. The summed E-state index contributed by atoms with van der Waals surface area (Å²) in [4.78, 5) is 13.8. The summed E-state index contributed by atoms with van der Waals surface area (Å²) in [6.45, 7) is 7.33. The van der Waals surface area contributed by atoms with Gasteiger partial charge in [-0.1, -0.05) is 0 Å². The summed E-state index contributed by atoms with van der Waals surface area (Å²) < 4.78 is 0. The molecule has 2 N–H and O–H groups in total. The summed E-state index contributed by atoms with van der Waals surface area (Å²) in [6, 6.07) is 0.0389. The van der Waals surface area contributed by atoms with Crippen LogP contribution in [0.2, 0.25) is 0 Å². The van der Waals surface area contributed by atoms with Gasteiger partial charge in [0.2, 0.25) is 5.91 Å². The number of nitrogens with zero attached hydrogens (tertiary/aromatic N) is 1. The predicted octanol–water partition coefficient (Wildman–Crippen LogP) is 0.356. The second-order valence-electron chi connectivity index (χ2n) is 4.63. The summed E-state index contributed by atoms with van der Waals surface area (Å²) in [6.07, 6.45) is 1.56. The lowest BCUT2D eigenvalue weighted by molar-refractivity contribution is -0.127. The van der Waals surface area contributed by atoms with Crippen LogP contribution in [-0.4, -0.2) is 47.2 Å². The second kappa shape index (κ2) is 5.47. The van der Waals surface area contributed by atoms with Crippen molar-refractivity contribution in [3.05, 3.63) is 0 Å². The van der Waals surface area contributed by atoms with Crippen molar-refractivity contribution in [1.82, 2.24) is 10.2 Å². The topological polar surface area (TPSA) is 52.6 Å². The van der Waals surface area contributed by atoms with Crippen LogP contribution in [0.25, 0.3) is 0 Å². The van der Waals surface area contributed by atoms with Crippen molar-refractivity contribution in [2.45, 2.75) is 51.8 Å². The second-order valence-corrected chi connectivity index (χ2v) is 4.63. The van der Waals surface area contributed by atoms with Gasteiger partial charge in [-0.15, -0.1) is 0 Å². The van der Waals surface area contributed by atoms with Crippen LogP contribution in [0.4, 0.5) is 0 Å². The molecule has 0 aromatic heterocycles. The molecule has 1 unspecified atom stereocenters. The quantitative estimate of drug-likeness (QED) is 0.713. The fraction of sp³-hybridized carbons (Fsp3) is 0.909. The molecule has 1 aliphatic heterocycles. The van der Waals surface area contributed by atoms with Crippen LogP contribution in [0.5, 0.6) is 0 Å². The Bertz CT molecular complexity index is 219. The zero-order valence-electron chi connectivity index (χ0n) is 9.86. The predicted molar refractivity (Wildman–Crippen MR) is 59.6 cm³/mol. The number of likely N-dealkylation sites (tertiary alicyclic amines) is 1. The molecule has 1 rings (SSSR count). The van der Waals surface area contributed by atoms with Crippen LogP contribution in [0.15, 0.2) is 0 Å². The fourth-order valence-electron chi connectivity index (χ4n) is 1.91. The number of aliphatic hydroxyl groups is 1. The van der Waals surface area contributed by atoms with Gasteiger partial charge in [-0.3, -0.25) is 9.69 Å². The molecule has 0 aromatic carbocycles. The van der Waals surface area contributed by atoms with E-state index in [1.807, 2.05) is 25.7 Å². The van der Waals surface area contributed by atoms with E-state index in [4.69, 9.17) is 0 Å². The van der Waals surface area contributed by atoms with Crippen molar-refractivity contribution in [2.24, 2.45) is 0 Å². The number of nitrogens with one attached hydrogen (secondary N) is 1. The van der Waals surface area contributed by atoms with Crippen molar-refractivity contribution in [1.29, 1.82) is 0 Å². The molecule has 1 aliphatic rings. The molecule has 4 heteroatoms. The Kier molecular flexibility index (Phi) is 4.54. The van der Waals surface area contributed by atoms with E-state index in [-0.39, 0.29) is 24.1 Å². The Morgan fingerprint density at radius 2 is 2.13 bits per heavy atom. The van der Waals surface area contributed by atoms with Crippen molar-refractivity contribution in [3.63, 3.8) is 0 Å². The van der Waals surface area contributed by atoms with Gasteiger partial charge in [0.15, 0.2) is 0 Å². The van der Waals surface area contributed by atoms with E-state index in [0.717, 1.165) is 19.4 Å². The third-order valence-electron chi connectivity index (χ3n) is 2.79. The summed E-state index contributed by atoms with van der Waals surface area (Å²) in [5.74, 6) is 0.0547. The molecule has 1 heterocycles. The largest absolute Gasteiger partial charge is 0.392 e. The van der Waals surface area contributed by atoms with Crippen molar-refractivity contribution >= 4 is 5.91 Å². The number of carbonyl (C=O) groups excluding carboxylic acids is 1. The molecule has 88 valence electrons. The van der Waals surface area contributed by atoms with E-state index in [2.05, 4.69) is 5.32 Å². The van der Waals surface area contributed by atoms with Gasteiger partial charge in [0, 0.05) is 12.6 Å². The Morgan fingerprint density at radius 3 is 2.67 bits per heavy atom. The minimum Gasteiger partial charge on any atom is -0.392 e. The Balaban J connectivity index is 2.44. The number of carbonyl (C=O) groups is 1. The number of piperidine rings is 1. The van der Waals surface area contributed by atoms with Gasteiger partial charge in [-0.05, 0) is 40.2 Å². The molecule has 1 fully saturated rings. The maximum absolute atomic E-state index is 11.7. The van der Waals surface area contributed by atoms with Gasteiger partial charge in [-0.25, -0.2) is 0 Å². The molecule has 4 nitrogen and oxygen atoms in total. The van der Waals surface area contributed by atoms with Crippen molar-refractivity contribution in [3.8, 4) is 0 Å². The lowest BCUT2D eigenvalue weighted by Gasteiger charge is -2.34. The van der Waals surface area contributed by atoms with Crippen molar-refractivity contribution < 1.29 is 9.90 Å². The zero-order valence-corrected chi connectivity index (χ0v) is 9.86. The molecule has 0 aliphatic carbocycles. The third-order valence-corrected chi connectivity index (χ3v) is 2.79. The van der Waals surface area contributed by atoms with Gasteiger partial charge in [-0.2, -0.15) is 0 Å². The molecular formula is C11H22N2O2. The van der Waals surface area contributed by atoms with Crippen LogP contribution >= 0.6 is 0 Å². The Morgan fingerprint density at radius 1 is 1.47 bits per heavy atom. The highest BCUT2D eigenvalue weighted by Gasteiger charge is 2.26. The summed E-state index contributed by atoms with van der Waals surface area (Å²) in [7, 11) is 0. The molecule has 0 saturated carbocycles. The van der Waals surface area contributed by atoms with E-state index < -0.39 is 0 Å². The average Bonchev–Trinajstić information content (AvgIpc) is 2.15. The first kappa shape index (κ1) is 12.5. The molecule has 0 aromatic rings. The van der Waals surface area contributed by atoms with E-state index in [1.165, 1.54) is 0 Å². The number of hydrogen-bond acceptors (Lipinski definition) is 3. The van der Waals surface area contributed by atoms with Crippen molar-refractivity contribution in [2.75, 3.05) is 13.1 Å². The van der Waals surface area contributed by atoms with Crippen LogP contribution < -0.4 is 5.32 Å². The molecule has 1 saturated heterocycles. The van der Waals surface area contributed by atoms with Crippen LogP contribution in [0.3, 0.4) is 0 Å². The first-order valence-corrected chi connectivity index (χ1v) is 5.73. The molecule has 15 heavy (non-hydrogen) atoms. The molecule has 0 bridgehead atoms. The summed E-state index contributed by atoms with van der Waals surface area (Å²) in [5.41, 5.74) is 0. The van der Waals surface area contributed by atoms with Gasteiger partial charge in [0.05, 0.1) is 12.1 Å². The third kappa shape index (κ3) is 3.80. The van der Waals surface area contributed by atoms with Gasteiger partial charge < -0.3 is 10.4 Å². The Hall–Kier alpha value is -0.610. The molecule has 2 atom stereocenters. The van der Waals surface area contributed by atoms with E-state index in [9.17, 15) is 9.90 Å². The zero-order chi connectivity index (χ0) is 11.4. The number of rotatable bonds is 3. The molecular weight excluding hydrogens is 192 g/mol. The normalized spacial score (nSPS) is 25.3. The number of amides is 1. The number of hydrogen-bond donors (Lipinski definition) is 2. The monoisotopic (exact) mass is 214 g/mol. The lowest BCUT2D eigenvalue weighted by Crippen LogP contribution is -2.51. The van der Waals surface area contributed by atoms with Crippen LogP contribution in [0.1, 0.15) is 33.6 Å². The fourth-order valence-corrected chi connectivity index (χ4v) is 1.91. The van der Waals surface area contributed by atoms with Gasteiger partial charge in [0.25, 0.3) is 0 Å². The SMILES string of the molecule is CC(C)NC(=O)C(C)N1CCC[C@H](O)C1. The highest BCUT2D eigenvalue weighted by atomic mass is 16.3. The molecule has 0 radical (unpaired) electrons.